The molecule has 0 radical (unpaired) electrons. The van der Waals surface area contributed by atoms with Gasteiger partial charge in [-0.25, -0.2) is 13.1 Å². The molecule has 116 valence electrons. The number of hydrogen-bond acceptors (Lipinski definition) is 5. The van der Waals surface area contributed by atoms with Crippen LogP contribution in [0.1, 0.15) is 10.9 Å². The molecule has 3 aromatic rings. The molecule has 22 heavy (non-hydrogen) atoms. The number of hydrogen-bond donors (Lipinski definition) is 1. The van der Waals surface area contributed by atoms with Gasteiger partial charge in [0.25, 0.3) is 0 Å². The number of halogens is 1. The van der Waals surface area contributed by atoms with Gasteiger partial charge in [-0.15, -0.1) is 22.7 Å². The third kappa shape index (κ3) is 3.49. The molecule has 0 saturated heterocycles. The van der Waals surface area contributed by atoms with E-state index >= 15 is 0 Å². The highest BCUT2D eigenvalue weighted by Gasteiger charge is 2.21. The Morgan fingerprint density at radius 3 is 2.77 bits per heavy atom. The summed E-state index contributed by atoms with van der Waals surface area (Å²) in [4.78, 5) is 1.05. The van der Waals surface area contributed by atoms with Crippen LogP contribution in [0.3, 0.4) is 0 Å². The first-order valence-electron chi connectivity index (χ1n) is 6.34. The first-order chi connectivity index (χ1) is 10.6. The Balaban J connectivity index is 1.80. The van der Waals surface area contributed by atoms with Gasteiger partial charge in [-0.1, -0.05) is 6.07 Å². The summed E-state index contributed by atoms with van der Waals surface area (Å²) >= 11 is 6.05. The van der Waals surface area contributed by atoms with Crippen LogP contribution in [0.5, 0.6) is 0 Å². The van der Waals surface area contributed by atoms with Crippen molar-refractivity contribution in [1.29, 1.82) is 0 Å². The summed E-state index contributed by atoms with van der Waals surface area (Å²) in [6.07, 6.45) is 3.52. The fraction of sp³-hybridized carbons (Fsp3) is 0.154. The van der Waals surface area contributed by atoms with E-state index in [0.717, 1.165) is 8.66 Å². The number of nitrogens with zero attached hydrogens (tertiary/aromatic N) is 2. The van der Waals surface area contributed by atoms with Gasteiger partial charge in [0.15, 0.2) is 0 Å². The smallest absolute Gasteiger partial charge is 0.250 e. The molecule has 0 amide bonds. The average Bonchev–Trinajstić information content (AvgIpc) is 3.20. The second-order valence-electron chi connectivity index (χ2n) is 4.43. The zero-order valence-corrected chi connectivity index (χ0v) is 15.3. The Bertz CT molecular complexity index is 792. The second-order valence-corrected chi connectivity index (χ2v) is 9.86. The van der Waals surface area contributed by atoms with Gasteiger partial charge in [0.2, 0.25) is 10.0 Å². The first-order valence-corrected chi connectivity index (χ1v) is 10.3. The maximum absolute atomic E-state index is 12.3. The fourth-order valence-corrected chi connectivity index (χ4v) is 5.88. The van der Waals surface area contributed by atoms with Crippen molar-refractivity contribution in [3.63, 3.8) is 0 Å². The molecule has 0 saturated carbocycles. The molecule has 0 fully saturated rings. The van der Waals surface area contributed by atoms with Crippen molar-refractivity contribution in [2.45, 2.75) is 10.3 Å². The summed E-state index contributed by atoms with van der Waals surface area (Å²) in [7, 11) is -3.51. The Labute approximate surface area is 144 Å². The van der Waals surface area contributed by atoms with Crippen molar-refractivity contribution in [2.24, 2.45) is 0 Å². The van der Waals surface area contributed by atoms with Crippen molar-refractivity contribution in [2.75, 3.05) is 6.54 Å². The van der Waals surface area contributed by atoms with Crippen LogP contribution < -0.4 is 4.72 Å². The molecule has 0 aliphatic heterocycles. The molecule has 1 N–H and O–H groups in total. The zero-order valence-electron chi connectivity index (χ0n) is 11.2. The van der Waals surface area contributed by atoms with Crippen LogP contribution in [0.15, 0.2) is 56.1 Å². The van der Waals surface area contributed by atoms with Crippen molar-refractivity contribution < 1.29 is 8.42 Å². The Kier molecular flexibility index (Phi) is 4.79. The van der Waals surface area contributed by atoms with Crippen molar-refractivity contribution >= 4 is 48.6 Å². The highest BCUT2D eigenvalue weighted by atomic mass is 79.9. The fourth-order valence-electron chi connectivity index (χ4n) is 1.97. The van der Waals surface area contributed by atoms with Crippen molar-refractivity contribution in [1.82, 2.24) is 14.5 Å². The molecule has 5 nitrogen and oxygen atoms in total. The lowest BCUT2D eigenvalue weighted by molar-refractivity contribution is 0.512. The van der Waals surface area contributed by atoms with E-state index in [9.17, 15) is 8.42 Å². The van der Waals surface area contributed by atoms with Crippen molar-refractivity contribution in [3.05, 3.63) is 56.8 Å². The normalized spacial score (nSPS) is 13.3. The summed E-state index contributed by atoms with van der Waals surface area (Å²) < 4.78 is 30.2. The molecular weight excluding hydrogens is 406 g/mol. The van der Waals surface area contributed by atoms with Gasteiger partial charge in [0, 0.05) is 23.8 Å². The lowest BCUT2D eigenvalue weighted by atomic mass is 10.2. The second kappa shape index (κ2) is 6.63. The van der Waals surface area contributed by atoms with E-state index in [1.54, 1.807) is 34.3 Å². The molecule has 3 aromatic heterocycles. The van der Waals surface area contributed by atoms with Gasteiger partial charge in [0.1, 0.15) is 4.21 Å². The molecule has 0 aliphatic carbocycles. The minimum absolute atomic E-state index is 0.159. The van der Waals surface area contributed by atoms with Gasteiger partial charge in [-0.05, 0) is 45.6 Å². The summed E-state index contributed by atoms with van der Waals surface area (Å²) in [5, 5.41) is 6.20. The molecule has 0 aromatic carbocycles. The van der Waals surface area contributed by atoms with Gasteiger partial charge in [-0.3, -0.25) is 4.68 Å². The lowest BCUT2D eigenvalue weighted by Gasteiger charge is -2.16. The quantitative estimate of drug-likeness (QED) is 0.668. The monoisotopic (exact) mass is 417 g/mol. The molecule has 3 rings (SSSR count). The summed E-state index contributed by atoms with van der Waals surface area (Å²) in [5.41, 5.74) is 0. The van der Waals surface area contributed by atoms with Crippen LogP contribution in [0, 0.1) is 0 Å². The van der Waals surface area contributed by atoms with Crippen LogP contribution >= 0.6 is 38.6 Å². The van der Waals surface area contributed by atoms with Crippen LogP contribution in [-0.4, -0.2) is 24.7 Å². The molecule has 3 heterocycles. The van der Waals surface area contributed by atoms with E-state index in [1.807, 2.05) is 29.8 Å². The molecule has 9 heteroatoms. The molecule has 0 bridgehead atoms. The average molecular weight is 418 g/mol. The standard InChI is InChI=1S/C13H12BrN3O2S3/c14-12-4-5-13(21-12)22(18,19)16-9-10(11-3-1-8-20-11)17-7-2-6-15-17/h1-8,10,16H,9H2. The Hall–Kier alpha value is -1.000. The third-order valence-corrected chi connectivity index (χ3v) is 7.51. The SMILES string of the molecule is O=S(=O)(NCC(c1cccs1)n1cccn1)c1ccc(Br)s1. The maximum Gasteiger partial charge on any atom is 0.250 e. The van der Waals surface area contributed by atoms with Crippen LogP contribution in [0.2, 0.25) is 0 Å². The predicted molar refractivity (Wildman–Crippen MR) is 91.9 cm³/mol. The zero-order chi connectivity index (χ0) is 15.6. The molecule has 1 atom stereocenters. The Morgan fingerprint density at radius 1 is 1.32 bits per heavy atom. The van der Waals surface area contributed by atoms with Crippen LogP contribution in [0.25, 0.3) is 0 Å². The molecule has 0 spiro atoms. The van der Waals surface area contributed by atoms with Gasteiger partial charge in [0.05, 0.1) is 9.83 Å². The summed E-state index contributed by atoms with van der Waals surface area (Å²) in [6, 6.07) is 8.90. The van der Waals surface area contributed by atoms with E-state index in [1.165, 1.54) is 11.3 Å². The Morgan fingerprint density at radius 2 is 2.18 bits per heavy atom. The highest BCUT2D eigenvalue weighted by molar-refractivity contribution is 9.11. The van der Waals surface area contributed by atoms with Gasteiger partial charge < -0.3 is 0 Å². The number of sulfonamides is 1. The number of aromatic nitrogens is 2. The topological polar surface area (TPSA) is 64.0 Å². The van der Waals surface area contributed by atoms with E-state index in [4.69, 9.17) is 0 Å². The van der Waals surface area contributed by atoms with E-state index in [0.29, 0.717) is 4.21 Å². The third-order valence-electron chi connectivity index (χ3n) is 3.00. The van der Waals surface area contributed by atoms with Crippen molar-refractivity contribution in [3.8, 4) is 0 Å². The van der Waals surface area contributed by atoms with E-state index in [-0.39, 0.29) is 12.6 Å². The predicted octanol–water partition coefficient (Wildman–Crippen LogP) is 3.34. The minimum atomic E-state index is -3.51. The van der Waals surface area contributed by atoms with E-state index in [2.05, 4.69) is 25.8 Å². The maximum atomic E-state index is 12.3. The van der Waals surface area contributed by atoms with Gasteiger partial charge >= 0.3 is 0 Å². The minimum Gasteiger partial charge on any atom is -0.263 e. The first kappa shape index (κ1) is 15.9. The van der Waals surface area contributed by atoms with Crippen LogP contribution in [0.4, 0.5) is 0 Å². The van der Waals surface area contributed by atoms with Gasteiger partial charge in [-0.2, -0.15) is 5.10 Å². The molecule has 0 aliphatic rings. The number of nitrogens with one attached hydrogen (secondary N) is 1. The number of thiophene rings is 2. The molecule has 1 unspecified atom stereocenters. The lowest BCUT2D eigenvalue weighted by Crippen LogP contribution is -2.30. The largest absolute Gasteiger partial charge is 0.263 e. The number of rotatable bonds is 6. The van der Waals surface area contributed by atoms with Crippen LogP contribution in [-0.2, 0) is 10.0 Å². The van der Waals surface area contributed by atoms with E-state index < -0.39 is 10.0 Å². The summed E-state index contributed by atoms with van der Waals surface area (Å²) in [5.74, 6) is 0. The molecular formula is C13H12BrN3O2S3. The summed E-state index contributed by atoms with van der Waals surface area (Å²) in [6.45, 7) is 0.250. The highest BCUT2D eigenvalue weighted by Crippen LogP contribution is 2.27.